The molecule has 2 rings (SSSR count). The van der Waals surface area contributed by atoms with Crippen molar-refractivity contribution in [2.45, 2.75) is 33.0 Å². The summed E-state index contributed by atoms with van der Waals surface area (Å²) in [6, 6.07) is 3.61. The van der Waals surface area contributed by atoms with Crippen LogP contribution < -0.4 is 15.5 Å². The Morgan fingerprint density at radius 1 is 1.45 bits per heavy atom. The van der Waals surface area contributed by atoms with Gasteiger partial charge in [0.2, 0.25) is 0 Å². The lowest BCUT2D eigenvalue weighted by atomic mass is 10.2. The van der Waals surface area contributed by atoms with E-state index in [0.29, 0.717) is 12.4 Å². The number of nitrogens with zero attached hydrogens (tertiary/aromatic N) is 2. The van der Waals surface area contributed by atoms with Crippen molar-refractivity contribution < 1.29 is 9.53 Å². The number of nitrogens with one attached hydrogen (secondary N) is 2. The molecule has 2 heterocycles. The third-order valence-corrected chi connectivity index (χ3v) is 3.11. The van der Waals surface area contributed by atoms with Crippen LogP contribution in [0.1, 0.15) is 20.8 Å². The van der Waals surface area contributed by atoms with Crippen molar-refractivity contribution in [3.05, 3.63) is 18.3 Å². The third kappa shape index (κ3) is 3.84. The monoisotopic (exact) mass is 278 g/mol. The summed E-state index contributed by atoms with van der Waals surface area (Å²) in [6.45, 7) is 8.28. The van der Waals surface area contributed by atoms with Crippen molar-refractivity contribution in [1.82, 2.24) is 10.3 Å². The fraction of sp³-hybridized carbons (Fsp3) is 0.571. The second kappa shape index (κ2) is 6.56. The molecule has 1 aromatic rings. The predicted octanol–water partition coefficient (Wildman–Crippen LogP) is 1.84. The van der Waals surface area contributed by atoms with Crippen LogP contribution in [0.3, 0.4) is 0 Å². The summed E-state index contributed by atoms with van der Waals surface area (Å²) in [5, 5.41) is 5.41. The molecule has 1 aromatic heterocycles. The van der Waals surface area contributed by atoms with E-state index in [-0.39, 0.29) is 18.2 Å². The number of urea groups is 1. The predicted molar refractivity (Wildman–Crippen MR) is 79.2 cm³/mol. The number of amides is 2. The average molecular weight is 278 g/mol. The number of pyridine rings is 1. The number of carbonyl (C=O) groups is 1. The average Bonchev–Trinajstić information content (AvgIpc) is 2.38. The van der Waals surface area contributed by atoms with Crippen molar-refractivity contribution in [3.63, 3.8) is 0 Å². The molecular formula is C14H22N4O2. The maximum absolute atomic E-state index is 11.5. The van der Waals surface area contributed by atoms with Crippen molar-refractivity contribution in [3.8, 4) is 0 Å². The Morgan fingerprint density at radius 3 is 2.80 bits per heavy atom. The van der Waals surface area contributed by atoms with E-state index in [4.69, 9.17) is 4.74 Å². The number of rotatable bonds is 3. The summed E-state index contributed by atoms with van der Waals surface area (Å²) in [7, 11) is 0. The van der Waals surface area contributed by atoms with E-state index in [1.807, 2.05) is 19.1 Å². The van der Waals surface area contributed by atoms with Crippen LogP contribution in [0.25, 0.3) is 0 Å². The highest BCUT2D eigenvalue weighted by molar-refractivity contribution is 5.88. The Bertz CT molecular complexity index is 456. The molecule has 0 aromatic carbocycles. The molecule has 2 amide bonds. The second-order valence-electron chi connectivity index (χ2n) is 5.05. The summed E-state index contributed by atoms with van der Waals surface area (Å²) in [5.74, 6) is 0.556. The number of hydrogen-bond donors (Lipinski definition) is 2. The molecule has 1 saturated heterocycles. The molecule has 0 bridgehead atoms. The molecule has 0 aliphatic carbocycles. The van der Waals surface area contributed by atoms with E-state index in [2.05, 4.69) is 34.4 Å². The van der Waals surface area contributed by atoms with Gasteiger partial charge in [-0.05, 0) is 26.8 Å². The zero-order valence-electron chi connectivity index (χ0n) is 12.2. The van der Waals surface area contributed by atoms with Gasteiger partial charge in [0.15, 0.2) is 0 Å². The van der Waals surface area contributed by atoms with Gasteiger partial charge in [-0.25, -0.2) is 9.78 Å². The quantitative estimate of drug-likeness (QED) is 0.885. The van der Waals surface area contributed by atoms with Gasteiger partial charge in [-0.2, -0.15) is 0 Å². The smallest absolute Gasteiger partial charge is 0.320 e. The minimum Gasteiger partial charge on any atom is -0.372 e. The van der Waals surface area contributed by atoms with Gasteiger partial charge in [-0.1, -0.05) is 0 Å². The number of morpholine rings is 1. The second-order valence-corrected chi connectivity index (χ2v) is 5.05. The maximum atomic E-state index is 11.5. The van der Waals surface area contributed by atoms with Gasteiger partial charge in [0.1, 0.15) is 5.82 Å². The fourth-order valence-electron chi connectivity index (χ4n) is 2.39. The molecule has 2 atom stereocenters. The Morgan fingerprint density at radius 2 is 2.15 bits per heavy atom. The Kier molecular flexibility index (Phi) is 4.79. The summed E-state index contributed by atoms with van der Waals surface area (Å²) < 4.78 is 5.73. The van der Waals surface area contributed by atoms with E-state index in [1.54, 1.807) is 6.20 Å². The van der Waals surface area contributed by atoms with Gasteiger partial charge < -0.3 is 15.0 Å². The zero-order valence-corrected chi connectivity index (χ0v) is 12.2. The highest BCUT2D eigenvalue weighted by Crippen LogP contribution is 2.21. The molecule has 110 valence electrons. The minimum absolute atomic E-state index is 0.201. The minimum atomic E-state index is -0.235. The number of carbonyl (C=O) groups excluding carboxylic acids is 1. The van der Waals surface area contributed by atoms with E-state index in [0.717, 1.165) is 18.8 Å². The van der Waals surface area contributed by atoms with Gasteiger partial charge in [-0.3, -0.25) is 5.32 Å². The van der Waals surface area contributed by atoms with E-state index in [9.17, 15) is 4.79 Å². The lowest BCUT2D eigenvalue weighted by molar-refractivity contribution is -0.00522. The number of ether oxygens (including phenoxy) is 1. The van der Waals surface area contributed by atoms with Crippen LogP contribution in [0.4, 0.5) is 16.3 Å². The summed E-state index contributed by atoms with van der Waals surface area (Å²) in [4.78, 5) is 17.9. The van der Waals surface area contributed by atoms with Crippen molar-refractivity contribution in [2.24, 2.45) is 0 Å². The van der Waals surface area contributed by atoms with E-state index >= 15 is 0 Å². The first-order valence-electron chi connectivity index (χ1n) is 6.99. The normalized spacial score (nSPS) is 22.4. The highest BCUT2D eigenvalue weighted by Gasteiger charge is 2.22. The van der Waals surface area contributed by atoms with Crippen LogP contribution in [-0.4, -0.2) is 42.9 Å². The van der Waals surface area contributed by atoms with Crippen LogP contribution >= 0.6 is 0 Å². The first-order chi connectivity index (χ1) is 9.58. The molecule has 0 saturated carbocycles. The van der Waals surface area contributed by atoms with Crippen LogP contribution in [0.5, 0.6) is 0 Å². The van der Waals surface area contributed by atoms with Gasteiger partial charge >= 0.3 is 6.03 Å². The molecule has 2 N–H and O–H groups in total. The largest absolute Gasteiger partial charge is 0.372 e. The SMILES string of the molecule is CCNC(=O)Nc1cc(N2C[C@H](C)O[C@@H](C)C2)ccn1. The van der Waals surface area contributed by atoms with Crippen LogP contribution in [0.2, 0.25) is 0 Å². The molecule has 1 fully saturated rings. The third-order valence-electron chi connectivity index (χ3n) is 3.11. The Balaban J connectivity index is 2.07. The van der Waals surface area contributed by atoms with Gasteiger partial charge in [0, 0.05) is 37.6 Å². The van der Waals surface area contributed by atoms with Gasteiger partial charge in [0.25, 0.3) is 0 Å². The molecule has 0 radical (unpaired) electrons. The maximum Gasteiger partial charge on any atom is 0.320 e. The first kappa shape index (κ1) is 14.6. The highest BCUT2D eigenvalue weighted by atomic mass is 16.5. The fourth-order valence-corrected chi connectivity index (χ4v) is 2.39. The molecule has 6 heteroatoms. The molecule has 20 heavy (non-hydrogen) atoms. The molecule has 1 aliphatic heterocycles. The standard InChI is InChI=1S/C14H22N4O2/c1-4-15-14(19)17-13-7-12(5-6-16-13)18-8-10(2)20-11(3)9-18/h5-7,10-11H,4,8-9H2,1-3H3,(H2,15,16,17,19)/t10-,11-/m0/s1. The van der Waals surface area contributed by atoms with Gasteiger partial charge in [-0.15, -0.1) is 0 Å². The molecule has 0 spiro atoms. The lowest BCUT2D eigenvalue weighted by Gasteiger charge is -2.36. The van der Waals surface area contributed by atoms with Gasteiger partial charge in [0.05, 0.1) is 12.2 Å². The molecule has 0 unspecified atom stereocenters. The lowest BCUT2D eigenvalue weighted by Crippen LogP contribution is -2.45. The Hall–Kier alpha value is -1.82. The summed E-state index contributed by atoms with van der Waals surface area (Å²) >= 11 is 0. The van der Waals surface area contributed by atoms with Crippen molar-refractivity contribution in [1.29, 1.82) is 0 Å². The number of hydrogen-bond acceptors (Lipinski definition) is 4. The van der Waals surface area contributed by atoms with E-state index < -0.39 is 0 Å². The van der Waals surface area contributed by atoms with Crippen LogP contribution in [0, 0.1) is 0 Å². The first-order valence-corrected chi connectivity index (χ1v) is 6.99. The van der Waals surface area contributed by atoms with Crippen molar-refractivity contribution in [2.75, 3.05) is 29.9 Å². The van der Waals surface area contributed by atoms with Crippen LogP contribution in [-0.2, 0) is 4.74 Å². The molecule has 1 aliphatic rings. The Labute approximate surface area is 119 Å². The zero-order chi connectivity index (χ0) is 14.5. The van der Waals surface area contributed by atoms with E-state index in [1.165, 1.54) is 0 Å². The molecule has 6 nitrogen and oxygen atoms in total. The van der Waals surface area contributed by atoms with Crippen LogP contribution in [0.15, 0.2) is 18.3 Å². The van der Waals surface area contributed by atoms with Crippen molar-refractivity contribution >= 4 is 17.5 Å². The topological polar surface area (TPSA) is 66.5 Å². The molecular weight excluding hydrogens is 256 g/mol. The summed E-state index contributed by atoms with van der Waals surface area (Å²) in [6.07, 6.45) is 2.11. The summed E-state index contributed by atoms with van der Waals surface area (Å²) in [5.41, 5.74) is 1.05. The number of anilines is 2. The number of aromatic nitrogens is 1.